The Labute approximate surface area is 172 Å². The summed E-state index contributed by atoms with van der Waals surface area (Å²) in [5.41, 5.74) is 2.99. The maximum absolute atomic E-state index is 12.0. The van der Waals surface area contributed by atoms with Crippen LogP contribution in [0.3, 0.4) is 0 Å². The summed E-state index contributed by atoms with van der Waals surface area (Å²) in [6.07, 6.45) is 7.21. The predicted octanol–water partition coefficient (Wildman–Crippen LogP) is 5.12. The van der Waals surface area contributed by atoms with E-state index in [1.54, 1.807) is 6.08 Å². The van der Waals surface area contributed by atoms with E-state index in [0.717, 1.165) is 16.8 Å². The van der Waals surface area contributed by atoms with Crippen LogP contribution >= 0.6 is 0 Å². The van der Waals surface area contributed by atoms with Crippen molar-refractivity contribution in [2.45, 2.75) is 40.7 Å². The summed E-state index contributed by atoms with van der Waals surface area (Å²) in [5.74, 6) is 0.672. The Morgan fingerprint density at radius 2 is 1.90 bits per heavy atom. The first-order chi connectivity index (χ1) is 13.8. The Balaban J connectivity index is 2.41. The first-order valence-corrected chi connectivity index (χ1v) is 9.58. The lowest BCUT2D eigenvalue weighted by molar-refractivity contribution is -0.118. The van der Waals surface area contributed by atoms with E-state index in [2.05, 4.69) is 27.2 Å². The first kappa shape index (κ1) is 22.0. The monoisotopic (exact) mass is 392 g/mol. The van der Waals surface area contributed by atoms with E-state index in [-0.39, 0.29) is 29.2 Å². The standard InChI is InChI=1S/C23H28N4O2/c1-7-9-18-10-11-19(12-17(18)8-2)25-23-22(16(6)29)24-13-20(27-23)26-21(14(3)4)15(5)28/h7-14,21H,2H2,1,3-6H3,(H2,25,26,27)/b9-7-/t21-/m1/s1. The highest BCUT2D eigenvalue weighted by molar-refractivity contribution is 5.97. The minimum absolute atomic E-state index is 0.0159. The van der Waals surface area contributed by atoms with Gasteiger partial charge in [0.05, 0.1) is 12.2 Å². The van der Waals surface area contributed by atoms with Crippen LogP contribution in [-0.4, -0.2) is 27.6 Å². The van der Waals surface area contributed by atoms with Crippen LogP contribution in [0, 0.1) is 5.92 Å². The van der Waals surface area contributed by atoms with Crippen molar-refractivity contribution >= 4 is 41.0 Å². The maximum Gasteiger partial charge on any atom is 0.181 e. The molecule has 0 spiro atoms. The van der Waals surface area contributed by atoms with E-state index in [1.807, 2.05) is 51.1 Å². The summed E-state index contributed by atoms with van der Waals surface area (Å²) in [6, 6.07) is 5.42. The molecule has 0 fully saturated rings. The highest BCUT2D eigenvalue weighted by Crippen LogP contribution is 2.24. The highest BCUT2D eigenvalue weighted by Gasteiger charge is 2.20. The van der Waals surface area contributed by atoms with Crippen LogP contribution in [0.1, 0.15) is 56.2 Å². The average molecular weight is 393 g/mol. The Hall–Kier alpha value is -3.28. The molecule has 2 rings (SSSR count). The molecule has 1 heterocycles. The number of nitrogens with one attached hydrogen (secondary N) is 2. The van der Waals surface area contributed by atoms with Crippen molar-refractivity contribution in [3.63, 3.8) is 0 Å². The van der Waals surface area contributed by atoms with Crippen molar-refractivity contribution in [3.05, 3.63) is 53.9 Å². The fourth-order valence-corrected chi connectivity index (χ4v) is 3.00. The molecule has 0 saturated carbocycles. The molecule has 2 aromatic rings. The number of benzene rings is 1. The lowest BCUT2D eigenvalue weighted by Crippen LogP contribution is -2.33. The third-order valence-corrected chi connectivity index (χ3v) is 4.43. The van der Waals surface area contributed by atoms with Gasteiger partial charge in [-0.1, -0.05) is 44.7 Å². The lowest BCUT2D eigenvalue weighted by atomic mass is 10.0. The zero-order valence-corrected chi connectivity index (χ0v) is 17.6. The third-order valence-electron chi connectivity index (χ3n) is 4.43. The molecule has 0 aliphatic heterocycles. The van der Waals surface area contributed by atoms with E-state index in [1.165, 1.54) is 20.0 Å². The van der Waals surface area contributed by atoms with Crippen molar-refractivity contribution < 1.29 is 9.59 Å². The van der Waals surface area contributed by atoms with E-state index in [4.69, 9.17) is 0 Å². The molecule has 0 aliphatic carbocycles. The average Bonchev–Trinajstić information content (AvgIpc) is 2.66. The molecular formula is C23H28N4O2. The Bertz CT molecular complexity index is 948. The van der Waals surface area contributed by atoms with Gasteiger partial charge in [-0.2, -0.15) is 0 Å². The van der Waals surface area contributed by atoms with Gasteiger partial charge in [-0.05, 0) is 43.0 Å². The van der Waals surface area contributed by atoms with Crippen molar-refractivity contribution in [3.8, 4) is 0 Å². The largest absolute Gasteiger partial charge is 0.359 e. The molecule has 6 nitrogen and oxygen atoms in total. The van der Waals surface area contributed by atoms with Crippen LogP contribution in [0.15, 0.2) is 37.1 Å². The van der Waals surface area contributed by atoms with Gasteiger partial charge in [0.25, 0.3) is 0 Å². The van der Waals surface area contributed by atoms with Gasteiger partial charge in [0.15, 0.2) is 17.4 Å². The normalized spacial score (nSPS) is 12.1. The summed E-state index contributed by atoms with van der Waals surface area (Å²) < 4.78 is 0. The molecule has 0 aliphatic rings. The van der Waals surface area contributed by atoms with Gasteiger partial charge >= 0.3 is 0 Å². The number of anilines is 3. The van der Waals surface area contributed by atoms with Crippen LogP contribution in [0.25, 0.3) is 12.2 Å². The molecule has 0 amide bonds. The Kier molecular flexibility index (Phi) is 7.42. The number of hydrogen-bond acceptors (Lipinski definition) is 6. The summed E-state index contributed by atoms with van der Waals surface area (Å²) in [4.78, 5) is 32.7. The summed E-state index contributed by atoms with van der Waals surface area (Å²) in [6.45, 7) is 12.7. The van der Waals surface area contributed by atoms with Gasteiger partial charge in [0.1, 0.15) is 11.5 Å². The van der Waals surface area contributed by atoms with Crippen LogP contribution in [0.2, 0.25) is 0 Å². The zero-order chi connectivity index (χ0) is 21.6. The quantitative estimate of drug-likeness (QED) is 0.576. The number of allylic oxidation sites excluding steroid dienone is 1. The third kappa shape index (κ3) is 5.60. The Morgan fingerprint density at radius 3 is 2.45 bits per heavy atom. The molecule has 1 aromatic carbocycles. The second-order valence-electron chi connectivity index (χ2n) is 7.16. The van der Waals surface area contributed by atoms with Crippen molar-refractivity contribution in [2.75, 3.05) is 10.6 Å². The number of hydrogen-bond donors (Lipinski definition) is 2. The molecule has 29 heavy (non-hydrogen) atoms. The smallest absolute Gasteiger partial charge is 0.181 e. The molecule has 1 atom stereocenters. The number of carbonyl (C=O) groups excluding carboxylic acids is 2. The number of rotatable bonds is 9. The minimum atomic E-state index is -0.382. The minimum Gasteiger partial charge on any atom is -0.359 e. The van der Waals surface area contributed by atoms with Crippen molar-refractivity contribution in [1.29, 1.82) is 0 Å². The second-order valence-corrected chi connectivity index (χ2v) is 7.16. The molecule has 2 N–H and O–H groups in total. The Morgan fingerprint density at radius 1 is 1.17 bits per heavy atom. The van der Waals surface area contributed by atoms with Gasteiger partial charge in [0.2, 0.25) is 0 Å². The van der Waals surface area contributed by atoms with Crippen LogP contribution in [0.5, 0.6) is 0 Å². The molecular weight excluding hydrogens is 364 g/mol. The maximum atomic E-state index is 12.0. The fraction of sp³-hybridized carbons (Fsp3) is 0.304. The van der Waals surface area contributed by atoms with Crippen molar-refractivity contribution in [1.82, 2.24) is 9.97 Å². The number of Topliss-reactive ketones (excluding diaryl/α,β-unsaturated/α-hetero) is 2. The van der Waals surface area contributed by atoms with Crippen molar-refractivity contribution in [2.24, 2.45) is 5.92 Å². The summed E-state index contributed by atoms with van der Waals surface area (Å²) in [5, 5.41) is 6.30. The molecule has 0 unspecified atom stereocenters. The van der Waals surface area contributed by atoms with E-state index in [9.17, 15) is 9.59 Å². The van der Waals surface area contributed by atoms with E-state index >= 15 is 0 Å². The predicted molar refractivity (Wildman–Crippen MR) is 119 cm³/mol. The fourth-order valence-electron chi connectivity index (χ4n) is 3.00. The van der Waals surface area contributed by atoms with Gasteiger partial charge in [0, 0.05) is 12.6 Å². The van der Waals surface area contributed by atoms with Gasteiger partial charge in [-0.25, -0.2) is 9.97 Å². The molecule has 1 aromatic heterocycles. The van der Waals surface area contributed by atoms with Crippen LogP contribution in [-0.2, 0) is 4.79 Å². The number of ketones is 2. The van der Waals surface area contributed by atoms with Crippen LogP contribution < -0.4 is 10.6 Å². The van der Waals surface area contributed by atoms with Gasteiger partial charge in [-0.15, -0.1) is 0 Å². The summed E-state index contributed by atoms with van der Waals surface area (Å²) >= 11 is 0. The van der Waals surface area contributed by atoms with E-state index in [0.29, 0.717) is 11.6 Å². The molecule has 0 bridgehead atoms. The number of nitrogens with zero attached hydrogens (tertiary/aromatic N) is 2. The van der Waals surface area contributed by atoms with Gasteiger partial charge < -0.3 is 10.6 Å². The molecule has 0 radical (unpaired) electrons. The topological polar surface area (TPSA) is 84.0 Å². The number of aromatic nitrogens is 2. The number of carbonyl (C=O) groups is 2. The summed E-state index contributed by atoms with van der Waals surface area (Å²) in [7, 11) is 0. The lowest BCUT2D eigenvalue weighted by Gasteiger charge is -2.20. The molecule has 6 heteroatoms. The second kappa shape index (κ2) is 9.78. The first-order valence-electron chi connectivity index (χ1n) is 9.58. The zero-order valence-electron chi connectivity index (χ0n) is 17.6. The van der Waals surface area contributed by atoms with Gasteiger partial charge in [-0.3, -0.25) is 9.59 Å². The SMILES string of the molecule is C=Cc1cc(Nc2nc(N[C@@H](C(C)=O)C(C)C)cnc2C(C)=O)ccc1/C=C\C. The molecule has 0 saturated heterocycles. The molecule has 152 valence electrons. The highest BCUT2D eigenvalue weighted by atomic mass is 16.1. The van der Waals surface area contributed by atoms with Crippen LogP contribution in [0.4, 0.5) is 17.3 Å². The van der Waals surface area contributed by atoms with E-state index < -0.39 is 0 Å².